The van der Waals surface area contributed by atoms with Crippen molar-refractivity contribution in [3.05, 3.63) is 11.1 Å². The number of piperidine rings is 1. The number of ketones is 1. The molecule has 2 saturated heterocycles. The summed E-state index contributed by atoms with van der Waals surface area (Å²) in [5.74, 6) is 4.91. The van der Waals surface area contributed by atoms with Gasteiger partial charge in [-0.15, -0.1) is 0 Å². The number of Topliss-reactive ketones (excluding diaryl/α,β-unsaturated/α-hetero) is 1. The number of fused-ring (bicyclic) bond motifs is 6. The first-order valence-electron chi connectivity index (χ1n) is 15.4. The van der Waals surface area contributed by atoms with E-state index in [4.69, 9.17) is 4.74 Å². The van der Waals surface area contributed by atoms with Gasteiger partial charge in [-0.05, 0) is 107 Å². The van der Waals surface area contributed by atoms with E-state index in [1.807, 2.05) is 5.57 Å². The zero-order valence-corrected chi connectivity index (χ0v) is 24.0. The third-order valence-corrected chi connectivity index (χ3v) is 12.5. The summed E-state index contributed by atoms with van der Waals surface area (Å²) >= 11 is 0. The largest absolute Gasteiger partial charge is 0.369 e. The van der Waals surface area contributed by atoms with Crippen LogP contribution in [0.15, 0.2) is 11.1 Å². The second-order valence-corrected chi connectivity index (χ2v) is 14.8. The molecule has 2 aliphatic heterocycles. The van der Waals surface area contributed by atoms with Crippen LogP contribution in [0.1, 0.15) is 91.9 Å². The quantitative estimate of drug-likeness (QED) is 0.452. The molecule has 4 heteroatoms. The molecule has 4 nitrogen and oxygen atoms in total. The monoisotopic (exact) mass is 496 g/mol. The van der Waals surface area contributed by atoms with Gasteiger partial charge in [0.1, 0.15) is 5.78 Å². The van der Waals surface area contributed by atoms with E-state index in [0.717, 1.165) is 62.4 Å². The molecule has 0 radical (unpaired) electrons. The van der Waals surface area contributed by atoms with Crippen molar-refractivity contribution in [2.75, 3.05) is 33.7 Å². The van der Waals surface area contributed by atoms with Crippen LogP contribution < -0.4 is 0 Å². The molecule has 6 rings (SSSR count). The number of allylic oxidation sites excluding steroid dienone is 1. The second-order valence-electron chi connectivity index (χ2n) is 14.8. The van der Waals surface area contributed by atoms with Crippen molar-refractivity contribution in [1.29, 1.82) is 0 Å². The van der Waals surface area contributed by atoms with Gasteiger partial charge in [-0.3, -0.25) is 9.69 Å². The Morgan fingerprint density at radius 3 is 2.69 bits per heavy atom. The summed E-state index contributed by atoms with van der Waals surface area (Å²) in [7, 11) is 4.40. The molecule has 2 heterocycles. The van der Waals surface area contributed by atoms with E-state index in [9.17, 15) is 4.79 Å². The third-order valence-electron chi connectivity index (χ3n) is 12.5. The first-order valence-corrected chi connectivity index (χ1v) is 15.4. The fourth-order valence-corrected chi connectivity index (χ4v) is 10.6. The molecular formula is C32H52N2O2. The number of carbonyl (C=O) groups excluding carboxylic acids is 1. The van der Waals surface area contributed by atoms with Crippen LogP contribution in [0.25, 0.3) is 0 Å². The van der Waals surface area contributed by atoms with E-state index in [-0.39, 0.29) is 5.60 Å². The zero-order valence-electron chi connectivity index (χ0n) is 24.0. The van der Waals surface area contributed by atoms with Gasteiger partial charge in [0.05, 0.1) is 11.7 Å². The molecule has 0 N–H and O–H groups in total. The average Bonchev–Trinajstić information content (AvgIpc) is 3.28. The number of nitrogens with zero attached hydrogens (tertiary/aromatic N) is 2. The van der Waals surface area contributed by atoms with E-state index in [2.05, 4.69) is 51.6 Å². The Morgan fingerprint density at radius 2 is 1.92 bits per heavy atom. The van der Waals surface area contributed by atoms with E-state index < -0.39 is 0 Å². The lowest BCUT2D eigenvalue weighted by molar-refractivity contribution is -0.129. The van der Waals surface area contributed by atoms with Gasteiger partial charge in [-0.2, -0.15) is 0 Å². The lowest BCUT2D eigenvalue weighted by atomic mass is 9.52. The number of hydrogen-bond acceptors (Lipinski definition) is 4. The standard InChI is InChI=1S/C32H52N2O2/c1-20-15-29-30(34(19-20)14-13-33(5)6)22(3)32(36-29)12-10-25-26-8-7-23-16-24(35)9-11-31(23,4)28(26)17-27(25)21(2)18-32/h20,22-23,25-26,28-30H,7-19H2,1-6H3/t20-,22+,23+,25-,26-,28-,29+,30?,31-,32-/m0/s1. The normalized spacial score (nSPS) is 49.1. The topological polar surface area (TPSA) is 32.8 Å². The molecule has 1 spiro atoms. The molecule has 10 atom stereocenters. The summed E-state index contributed by atoms with van der Waals surface area (Å²) in [6.45, 7) is 13.5. The van der Waals surface area contributed by atoms with Crippen molar-refractivity contribution in [2.45, 2.75) is 110 Å². The van der Waals surface area contributed by atoms with E-state index in [1.165, 1.54) is 45.1 Å². The number of rotatable bonds is 3. The summed E-state index contributed by atoms with van der Waals surface area (Å²) in [6, 6.07) is 0.582. The molecule has 0 aromatic carbocycles. The van der Waals surface area contributed by atoms with Gasteiger partial charge in [0.2, 0.25) is 0 Å². The van der Waals surface area contributed by atoms with Gasteiger partial charge in [0.25, 0.3) is 0 Å². The van der Waals surface area contributed by atoms with E-state index in [1.54, 1.807) is 5.57 Å². The number of likely N-dealkylation sites (tertiary alicyclic amines) is 1. The Hall–Kier alpha value is -0.710. The maximum Gasteiger partial charge on any atom is 0.133 e. The highest BCUT2D eigenvalue weighted by Crippen LogP contribution is 2.65. The molecule has 0 aromatic rings. The van der Waals surface area contributed by atoms with Crippen LogP contribution in [0.4, 0.5) is 0 Å². The maximum absolute atomic E-state index is 12.3. The number of hydrogen-bond donors (Lipinski definition) is 0. The summed E-state index contributed by atoms with van der Waals surface area (Å²) in [4.78, 5) is 17.4. The van der Waals surface area contributed by atoms with Gasteiger partial charge >= 0.3 is 0 Å². The first kappa shape index (κ1) is 25.6. The van der Waals surface area contributed by atoms with Crippen molar-refractivity contribution in [2.24, 2.45) is 40.9 Å². The molecule has 0 bridgehead atoms. The van der Waals surface area contributed by atoms with Crippen LogP contribution in [0.5, 0.6) is 0 Å². The molecule has 0 aromatic heterocycles. The summed E-state index contributed by atoms with van der Waals surface area (Å²) < 4.78 is 7.26. The Labute approximate surface area is 220 Å². The maximum atomic E-state index is 12.3. The van der Waals surface area contributed by atoms with Crippen LogP contribution in [0.3, 0.4) is 0 Å². The fraction of sp³-hybridized carbons (Fsp3) is 0.906. The van der Waals surface area contributed by atoms with Crippen molar-refractivity contribution >= 4 is 5.78 Å². The molecule has 6 aliphatic rings. The van der Waals surface area contributed by atoms with Gasteiger partial charge in [0.15, 0.2) is 0 Å². The first-order chi connectivity index (χ1) is 17.1. The van der Waals surface area contributed by atoms with Crippen molar-refractivity contribution < 1.29 is 9.53 Å². The highest BCUT2D eigenvalue weighted by molar-refractivity contribution is 5.79. The van der Waals surface area contributed by atoms with Crippen LogP contribution in [-0.2, 0) is 9.53 Å². The second kappa shape index (κ2) is 9.19. The molecule has 36 heavy (non-hydrogen) atoms. The minimum Gasteiger partial charge on any atom is -0.369 e. The summed E-state index contributed by atoms with van der Waals surface area (Å²) in [5, 5.41) is 0. The van der Waals surface area contributed by atoms with E-state index >= 15 is 0 Å². The average molecular weight is 497 g/mol. The number of likely N-dealkylation sites (N-methyl/N-ethyl adjacent to an activating group) is 1. The van der Waals surface area contributed by atoms with Crippen LogP contribution >= 0.6 is 0 Å². The minimum atomic E-state index is 0.0328. The highest BCUT2D eigenvalue weighted by atomic mass is 16.5. The van der Waals surface area contributed by atoms with Crippen LogP contribution in [0, 0.1) is 40.9 Å². The molecule has 5 fully saturated rings. The molecular weight excluding hydrogens is 444 g/mol. The molecule has 202 valence electrons. The number of ether oxygens (including phenoxy) is 1. The Kier molecular flexibility index (Phi) is 6.53. The summed E-state index contributed by atoms with van der Waals surface area (Å²) in [5.41, 5.74) is 3.93. The smallest absolute Gasteiger partial charge is 0.133 e. The lowest BCUT2D eigenvalue weighted by Gasteiger charge is -2.52. The van der Waals surface area contributed by atoms with Gasteiger partial charge in [0, 0.05) is 44.4 Å². The van der Waals surface area contributed by atoms with Gasteiger partial charge < -0.3 is 9.64 Å². The molecule has 1 unspecified atom stereocenters. The Bertz CT molecular complexity index is 912. The summed E-state index contributed by atoms with van der Waals surface area (Å²) in [6.07, 6.45) is 12.1. The lowest BCUT2D eigenvalue weighted by Crippen LogP contribution is -2.53. The zero-order chi connectivity index (χ0) is 25.4. The Morgan fingerprint density at radius 1 is 1.11 bits per heavy atom. The number of carbonyl (C=O) groups is 1. The van der Waals surface area contributed by atoms with Crippen molar-refractivity contribution in [3.8, 4) is 0 Å². The third kappa shape index (κ3) is 3.99. The fourth-order valence-electron chi connectivity index (χ4n) is 10.6. The van der Waals surface area contributed by atoms with Crippen LogP contribution in [0.2, 0.25) is 0 Å². The van der Waals surface area contributed by atoms with Crippen molar-refractivity contribution in [1.82, 2.24) is 9.80 Å². The molecule has 4 aliphatic carbocycles. The van der Waals surface area contributed by atoms with Gasteiger partial charge in [-0.1, -0.05) is 31.9 Å². The van der Waals surface area contributed by atoms with Gasteiger partial charge in [-0.25, -0.2) is 0 Å². The van der Waals surface area contributed by atoms with Crippen molar-refractivity contribution in [3.63, 3.8) is 0 Å². The van der Waals surface area contributed by atoms with E-state index in [0.29, 0.717) is 35.2 Å². The van der Waals surface area contributed by atoms with Crippen LogP contribution in [-0.4, -0.2) is 67.1 Å². The highest BCUT2D eigenvalue weighted by Gasteiger charge is 2.60. The predicted molar refractivity (Wildman–Crippen MR) is 146 cm³/mol. The predicted octanol–water partition coefficient (Wildman–Crippen LogP) is 5.95. The molecule has 3 saturated carbocycles. The molecule has 0 amide bonds. The Balaban J connectivity index is 1.25. The minimum absolute atomic E-state index is 0.0328. The SMILES string of the molecule is CC1=C2C[C@H]3[C@@H](CC[C@@H]4CC(=O)CC[C@@]43C)[C@@H]2CC[C@@]2(C1)O[C@@H]1C[C@H](C)CN(CCN(C)C)C1[C@H]2C.